The first kappa shape index (κ1) is 19.7. The third-order valence-corrected chi connectivity index (χ3v) is 5.70. The molecule has 1 saturated heterocycles. The minimum absolute atomic E-state index is 0.0136. The summed E-state index contributed by atoms with van der Waals surface area (Å²) in [6.07, 6.45) is 3.53. The fraction of sp³-hybridized carbons (Fsp3) is 0.550. The van der Waals surface area contributed by atoms with Crippen LogP contribution in [0.25, 0.3) is 0 Å². The highest BCUT2D eigenvalue weighted by Crippen LogP contribution is 2.30. The Morgan fingerprint density at radius 2 is 2.00 bits per heavy atom. The summed E-state index contributed by atoms with van der Waals surface area (Å²) in [6.45, 7) is 2.19. The van der Waals surface area contributed by atoms with Gasteiger partial charge in [0.1, 0.15) is 0 Å². The zero-order chi connectivity index (χ0) is 19.4. The van der Waals surface area contributed by atoms with Crippen molar-refractivity contribution in [2.24, 2.45) is 5.92 Å². The van der Waals surface area contributed by atoms with E-state index in [9.17, 15) is 14.4 Å². The van der Waals surface area contributed by atoms with E-state index in [1.54, 1.807) is 6.07 Å². The van der Waals surface area contributed by atoms with Crippen LogP contribution in [0.5, 0.6) is 0 Å². The fourth-order valence-electron chi connectivity index (χ4n) is 3.75. The summed E-state index contributed by atoms with van der Waals surface area (Å²) in [4.78, 5) is 38.6. The summed E-state index contributed by atoms with van der Waals surface area (Å²) < 4.78 is 5.31. The lowest BCUT2D eigenvalue weighted by Crippen LogP contribution is -2.38. The average molecular weight is 393 g/mol. The molecule has 146 valence electrons. The van der Waals surface area contributed by atoms with E-state index in [2.05, 4.69) is 5.32 Å². The van der Waals surface area contributed by atoms with Crippen molar-refractivity contribution < 1.29 is 19.1 Å². The van der Waals surface area contributed by atoms with Crippen LogP contribution in [0.4, 0.5) is 0 Å². The number of likely N-dealkylation sites (tertiary alicyclic amines) is 1. The summed E-state index contributed by atoms with van der Waals surface area (Å²) in [5.74, 6) is -1.35. The fourth-order valence-corrected chi connectivity index (χ4v) is 3.95. The van der Waals surface area contributed by atoms with E-state index in [0.717, 1.165) is 31.2 Å². The highest BCUT2D eigenvalue weighted by molar-refractivity contribution is 6.31. The highest BCUT2D eigenvalue weighted by atomic mass is 35.5. The Morgan fingerprint density at radius 1 is 1.30 bits per heavy atom. The van der Waals surface area contributed by atoms with E-state index in [4.69, 9.17) is 16.3 Å². The number of ether oxygens (including phenoxy) is 1. The van der Waals surface area contributed by atoms with Gasteiger partial charge in [-0.25, -0.2) is 0 Å². The molecule has 6 nitrogen and oxygen atoms in total. The first-order valence-electron chi connectivity index (χ1n) is 9.46. The highest BCUT2D eigenvalue weighted by Gasteiger charge is 2.40. The lowest BCUT2D eigenvalue weighted by atomic mass is 10.1. The summed E-state index contributed by atoms with van der Waals surface area (Å²) in [7, 11) is 0. The number of nitrogens with one attached hydrogen (secondary N) is 1. The van der Waals surface area contributed by atoms with Crippen LogP contribution in [-0.4, -0.2) is 41.4 Å². The standard InChI is InChI=1S/C20H25ClN2O4/c1-13(19(25)22-11-14-6-2-5-9-17(14)21)27-20(26)15-10-18(24)23(12-15)16-7-3-4-8-16/h2,5-6,9,13,15-16H,3-4,7-8,10-12H2,1H3,(H,22,25)/t13-,15-/m0/s1. The van der Waals surface area contributed by atoms with Crippen LogP contribution < -0.4 is 5.32 Å². The molecule has 1 heterocycles. The van der Waals surface area contributed by atoms with Gasteiger partial charge in [0.25, 0.3) is 5.91 Å². The van der Waals surface area contributed by atoms with E-state index < -0.39 is 18.0 Å². The molecule has 0 bridgehead atoms. The van der Waals surface area contributed by atoms with Gasteiger partial charge in [-0.05, 0) is 31.4 Å². The first-order chi connectivity index (χ1) is 13.0. The molecular formula is C20H25ClN2O4. The molecule has 2 aliphatic rings. The molecule has 0 unspecified atom stereocenters. The van der Waals surface area contributed by atoms with Gasteiger partial charge in [-0.1, -0.05) is 42.6 Å². The first-order valence-corrected chi connectivity index (χ1v) is 9.84. The largest absolute Gasteiger partial charge is 0.452 e. The third-order valence-electron chi connectivity index (χ3n) is 5.33. The van der Waals surface area contributed by atoms with Crippen LogP contribution in [0.1, 0.15) is 44.6 Å². The van der Waals surface area contributed by atoms with Gasteiger partial charge in [0.15, 0.2) is 6.10 Å². The SMILES string of the molecule is C[C@H](OC(=O)[C@H]1CC(=O)N(C2CCCC2)C1)C(=O)NCc1ccccc1Cl. The second-order valence-corrected chi connectivity index (χ2v) is 7.68. The topological polar surface area (TPSA) is 75.7 Å². The monoisotopic (exact) mass is 392 g/mol. The van der Waals surface area contributed by atoms with Crippen molar-refractivity contribution >= 4 is 29.4 Å². The quantitative estimate of drug-likeness (QED) is 0.755. The molecule has 2 amide bonds. The Balaban J connectivity index is 1.47. The number of nitrogens with zero attached hydrogens (tertiary/aromatic N) is 1. The minimum Gasteiger partial charge on any atom is -0.452 e. The van der Waals surface area contributed by atoms with E-state index in [1.807, 2.05) is 23.1 Å². The maximum atomic E-state index is 12.4. The zero-order valence-electron chi connectivity index (χ0n) is 15.4. The molecule has 3 rings (SSSR count). The summed E-state index contributed by atoms with van der Waals surface area (Å²) in [6, 6.07) is 7.48. The van der Waals surface area contributed by atoms with Gasteiger partial charge in [-0.3, -0.25) is 14.4 Å². The van der Waals surface area contributed by atoms with Gasteiger partial charge >= 0.3 is 5.97 Å². The van der Waals surface area contributed by atoms with Crippen molar-refractivity contribution in [3.8, 4) is 0 Å². The Kier molecular flexibility index (Phi) is 6.37. The van der Waals surface area contributed by atoms with Crippen LogP contribution in [0, 0.1) is 5.92 Å². The molecule has 1 aromatic carbocycles. The molecule has 7 heteroatoms. The second-order valence-electron chi connectivity index (χ2n) is 7.27. The van der Waals surface area contributed by atoms with Gasteiger partial charge in [-0.2, -0.15) is 0 Å². The van der Waals surface area contributed by atoms with Gasteiger partial charge in [0, 0.05) is 30.6 Å². The Labute approximate surface area is 164 Å². The molecule has 2 fully saturated rings. The Hall–Kier alpha value is -2.08. The molecule has 0 spiro atoms. The lowest BCUT2D eigenvalue weighted by Gasteiger charge is -2.24. The van der Waals surface area contributed by atoms with Gasteiger partial charge < -0.3 is 15.0 Å². The molecule has 1 aliphatic carbocycles. The number of benzene rings is 1. The summed E-state index contributed by atoms with van der Waals surface area (Å²) in [5, 5.41) is 3.29. The van der Waals surface area contributed by atoms with Crippen LogP contribution in [0.15, 0.2) is 24.3 Å². The predicted octanol–water partition coefficient (Wildman–Crippen LogP) is 2.68. The second kappa shape index (κ2) is 8.74. The van der Waals surface area contributed by atoms with Crippen molar-refractivity contribution in [1.82, 2.24) is 10.2 Å². The molecule has 27 heavy (non-hydrogen) atoms. The van der Waals surface area contributed by atoms with Crippen LogP contribution in [0.2, 0.25) is 5.02 Å². The van der Waals surface area contributed by atoms with Crippen molar-refractivity contribution in [3.05, 3.63) is 34.9 Å². The van der Waals surface area contributed by atoms with Crippen molar-refractivity contribution in [2.45, 2.75) is 57.7 Å². The number of esters is 1. The van der Waals surface area contributed by atoms with E-state index in [-0.39, 0.29) is 30.8 Å². The smallest absolute Gasteiger partial charge is 0.312 e. The molecule has 1 aromatic rings. The molecule has 0 aromatic heterocycles. The van der Waals surface area contributed by atoms with Crippen LogP contribution in [0.3, 0.4) is 0 Å². The number of carbonyl (C=O) groups excluding carboxylic acids is 3. The number of rotatable bonds is 6. The molecular weight excluding hydrogens is 368 g/mol. The number of amides is 2. The number of halogens is 1. The number of hydrogen-bond acceptors (Lipinski definition) is 4. The third kappa shape index (κ3) is 4.80. The van der Waals surface area contributed by atoms with Crippen LogP contribution in [-0.2, 0) is 25.7 Å². The maximum absolute atomic E-state index is 12.4. The van der Waals surface area contributed by atoms with Crippen molar-refractivity contribution in [2.75, 3.05) is 6.54 Å². The van der Waals surface area contributed by atoms with E-state index in [1.165, 1.54) is 6.92 Å². The summed E-state index contributed by atoms with van der Waals surface area (Å²) in [5.41, 5.74) is 0.791. The summed E-state index contributed by atoms with van der Waals surface area (Å²) >= 11 is 6.07. The molecule has 1 saturated carbocycles. The lowest BCUT2D eigenvalue weighted by molar-refractivity contribution is -0.158. The van der Waals surface area contributed by atoms with Crippen LogP contribution >= 0.6 is 11.6 Å². The Bertz CT molecular complexity index is 718. The normalized spacial score (nSPS) is 21.3. The zero-order valence-corrected chi connectivity index (χ0v) is 16.2. The van der Waals surface area contributed by atoms with E-state index >= 15 is 0 Å². The number of carbonyl (C=O) groups is 3. The van der Waals surface area contributed by atoms with Gasteiger partial charge in [-0.15, -0.1) is 0 Å². The van der Waals surface area contributed by atoms with Gasteiger partial charge in [0.2, 0.25) is 5.91 Å². The molecule has 1 aliphatic heterocycles. The van der Waals surface area contributed by atoms with Gasteiger partial charge in [0.05, 0.1) is 5.92 Å². The van der Waals surface area contributed by atoms with Crippen molar-refractivity contribution in [1.29, 1.82) is 0 Å². The molecule has 1 N–H and O–H groups in total. The Morgan fingerprint density at radius 3 is 2.70 bits per heavy atom. The number of hydrogen-bond donors (Lipinski definition) is 1. The molecule has 2 atom stereocenters. The van der Waals surface area contributed by atoms with E-state index in [0.29, 0.717) is 11.6 Å². The maximum Gasteiger partial charge on any atom is 0.312 e. The minimum atomic E-state index is -0.921. The molecule has 0 radical (unpaired) electrons. The predicted molar refractivity (Wildman–Crippen MR) is 101 cm³/mol. The van der Waals surface area contributed by atoms with Crippen molar-refractivity contribution in [3.63, 3.8) is 0 Å². The average Bonchev–Trinajstić information content (AvgIpc) is 3.30.